The van der Waals surface area contributed by atoms with Crippen LogP contribution < -0.4 is 10.1 Å². The summed E-state index contributed by atoms with van der Waals surface area (Å²) in [5.41, 5.74) is 2.94. The molecule has 0 saturated heterocycles. The quantitative estimate of drug-likeness (QED) is 0.279. The second kappa shape index (κ2) is 10.5. The van der Waals surface area contributed by atoms with Crippen LogP contribution in [0, 0.1) is 18.3 Å². The van der Waals surface area contributed by atoms with E-state index < -0.39 is 5.91 Å². The largest absolute Gasteiger partial charge is 0.486 e. The topological polar surface area (TPSA) is 62.1 Å². The van der Waals surface area contributed by atoms with Gasteiger partial charge in [0, 0.05) is 10.2 Å². The SMILES string of the molecule is Cc1ccccc1NC(=O)/C(C#N)=C\c1cc(Cl)c(OCc2ccc(Br)cc2)c(Cl)c1. The van der Waals surface area contributed by atoms with Crippen LogP contribution in [-0.2, 0) is 11.4 Å². The highest BCUT2D eigenvalue weighted by Gasteiger charge is 2.14. The van der Waals surface area contributed by atoms with Crippen molar-refractivity contribution in [3.05, 3.63) is 97.4 Å². The molecule has 1 N–H and O–H groups in total. The second-order valence-electron chi connectivity index (χ2n) is 6.67. The number of ether oxygens (including phenoxy) is 1. The zero-order valence-electron chi connectivity index (χ0n) is 16.5. The van der Waals surface area contributed by atoms with Crippen molar-refractivity contribution >= 4 is 56.8 Å². The number of amides is 1. The third-order valence-corrected chi connectivity index (χ3v) is 5.48. The number of benzene rings is 3. The lowest BCUT2D eigenvalue weighted by Gasteiger charge is -2.11. The first-order valence-corrected chi connectivity index (χ1v) is 10.8. The Morgan fingerprint density at radius 2 is 1.77 bits per heavy atom. The van der Waals surface area contributed by atoms with Crippen molar-refractivity contribution in [2.45, 2.75) is 13.5 Å². The molecule has 0 atom stereocenters. The minimum absolute atomic E-state index is 0.0704. The Labute approximate surface area is 199 Å². The number of rotatable bonds is 6. The van der Waals surface area contributed by atoms with Gasteiger partial charge in [-0.2, -0.15) is 5.26 Å². The maximum absolute atomic E-state index is 12.5. The van der Waals surface area contributed by atoms with E-state index in [4.69, 9.17) is 27.9 Å². The summed E-state index contributed by atoms with van der Waals surface area (Å²) in [5.74, 6) is -0.175. The Kier molecular flexibility index (Phi) is 7.75. The van der Waals surface area contributed by atoms with Crippen molar-refractivity contribution < 1.29 is 9.53 Å². The van der Waals surface area contributed by atoms with E-state index in [1.54, 1.807) is 18.2 Å². The van der Waals surface area contributed by atoms with Crippen LogP contribution >= 0.6 is 39.1 Å². The molecule has 0 saturated carbocycles. The van der Waals surface area contributed by atoms with Gasteiger partial charge < -0.3 is 10.1 Å². The molecule has 31 heavy (non-hydrogen) atoms. The highest BCUT2D eigenvalue weighted by molar-refractivity contribution is 9.10. The van der Waals surface area contributed by atoms with Crippen LogP contribution in [0.2, 0.25) is 10.0 Å². The number of carbonyl (C=O) groups excluding carboxylic acids is 1. The van der Waals surface area contributed by atoms with Crippen molar-refractivity contribution in [1.29, 1.82) is 5.26 Å². The lowest BCUT2D eigenvalue weighted by atomic mass is 10.1. The van der Waals surface area contributed by atoms with Crippen LogP contribution in [0.1, 0.15) is 16.7 Å². The third kappa shape index (κ3) is 6.11. The van der Waals surface area contributed by atoms with Crippen molar-refractivity contribution in [2.24, 2.45) is 0 Å². The van der Waals surface area contributed by atoms with E-state index in [2.05, 4.69) is 21.2 Å². The summed E-state index contributed by atoms with van der Waals surface area (Å²) in [5, 5.41) is 12.8. The molecule has 0 bridgehead atoms. The Morgan fingerprint density at radius 1 is 1.13 bits per heavy atom. The van der Waals surface area contributed by atoms with Gasteiger partial charge >= 0.3 is 0 Å². The monoisotopic (exact) mass is 514 g/mol. The summed E-state index contributed by atoms with van der Waals surface area (Å²) < 4.78 is 6.75. The Hall–Kier alpha value is -2.78. The predicted molar refractivity (Wildman–Crippen MR) is 128 cm³/mol. The summed E-state index contributed by atoms with van der Waals surface area (Å²) in [4.78, 5) is 12.5. The highest BCUT2D eigenvalue weighted by Crippen LogP contribution is 2.35. The van der Waals surface area contributed by atoms with Crippen molar-refractivity contribution in [2.75, 3.05) is 5.32 Å². The van der Waals surface area contributed by atoms with Gasteiger partial charge in [0.2, 0.25) is 0 Å². The number of nitrogens with one attached hydrogen (secondary N) is 1. The summed E-state index contributed by atoms with van der Waals surface area (Å²) in [6, 6.07) is 20.1. The zero-order chi connectivity index (χ0) is 22.4. The lowest BCUT2D eigenvalue weighted by Crippen LogP contribution is -2.14. The van der Waals surface area contributed by atoms with Crippen LogP contribution in [0.5, 0.6) is 5.75 Å². The van der Waals surface area contributed by atoms with Crippen LogP contribution in [0.3, 0.4) is 0 Å². The standard InChI is InChI=1S/C24H17BrCl2N2O2/c1-15-4-2-3-5-22(15)29-24(30)18(13-28)10-17-11-20(26)23(21(27)12-17)31-14-16-6-8-19(25)9-7-16/h2-12H,14H2,1H3,(H,29,30)/b18-10-. The maximum atomic E-state index is 12.5. The minimum Gasteiger partial charge on any atom is -0.486 e. The average Bonchev–Trinajstić information content (AvgIpc) is 2.74. The predicted octanol–water partition coefficient (Wildman–Crippen LogP) is 7.19. The highest BCUT2D eigenvalue weighted by atomic mass is 79.9. The van der Waals surface area contributed by atoms with Crippen LogP contribution in [-0.4, -0.2) is 5.91 Å². The molecular formula is C24H17BrCl2N2O2. The number of carbonyl (C=O) groups is 1. The van der Waals surface area contributed by atoms with E-state index in [1.165, 1.54) is 6.08 Å². The molecule has 0 aliphatic rings. The molecular weight excluding hydrogens is 499 g/mol. The maximum Gasteiger partial charge on any atom is 0.266 e. The number of hydrogen-bond donors (Lipinski definition) is 1. The van der Waals surface area contributed by atoms with Gasteiger partial charge in [0.25, 0.3) is 5.91 Å². The molecule has 3 rings (SSSR count). The number of halogens is 3. The fraction of sp³-hybridized carbons (Fsp3) is 0.0833. The molecule has 3 aromatic carbocycles. The lowest BCUT2D eigenvalue weighted by molar-refractivity contribution is -0.112. The van der Waals surface area contributed by atoms with Gasteiger partial charge in [0.15, 0.2) is 5.75 Å². The van der Waals surface area contributed by atoms with E-state index in [0.29, 0.717) is 23.6 Å². The van der Waals surface area contributed by atoms with E-state index >= 15 is 0 Å². The molecule has 0 unspecified atom stereocenters. The van der Waals surface area contributed by atoms with Gasteiger partial charge in [-0.05, 0) is 60.0 Å². The van der Waals surface area contributed by atoms with Crippen LogP contribution in [0.15, 0.2) is 70.7 Å². The molecule has 0 heterocycles. The van der Waals surface area contributed by atoms with Crippen molar-refractivity contribution in [1.82, 2.24) is 0 Å². The minimum atomic E-state index is -0.514. The third-order valence-electron chi connectivity index (χ3n) is 4.39. The molecule has 0 aliphatic heterocycles. The van der Waals surface area contributed by atoms with Gasteiger partial charge in [-0.1, -0.05) is 69.5 Å². The fourth-order valence-corrected chi connectivity index (χ4v) is 3.63. The molecule has 0 fully saturated rings. The second-order valence-corrected chi connectivity index (χ2v) is 8.40. The molecule has 7 heteroatoms. The van der Waals surface area contributed by atoms with Gasteiger partial charge in [0.05, 0.1) is 10.0 Å². The number of nitrogens with zero attached hydrogens (tertiary/aromatic N) is 1. The van der Waals surface area contributed by atoms with Crippen LogP contribution in [0.4, 0.5) is 5.69 Å². The first kappa shape index (κ1) is 22.9. The van der Waals surface area contributed by atoms with E-state index in [9.17, 15) is 10.1 Å². The smallest absolute Gasteiger partial charge is 0.266 e. The van der Waals surface area contributed by atoms with E-state index in [0.717, 1.165) is 15.6 Å². The Bertz CT molecular complexity index is 1160. The fourth-order valence-electron chi connectivity index (χ4n) is 2.75. The molecule has 1 amide bonds. The van der Waals surface area contributed by atoms with Gasteiger partial charge in [-0.3, -0.25) is 4.79 Å². The number of nitriles is 1. The Morgan fingerprint density at radius 3 is 2.39 bits per heavy atom. The summed E-state index contributed by atoms with van der Waals surface area (Å²) >= 11 is 16.1. The van der Waals surface area contributed by atoms with Gasteiger partial charge in [-0.15, -0.1) is 0 Å². The molecule has 4 nitrogen and oxygen atoms in total. The van der Waals surface area contributed by atoms with E-state index in [-0.39, 0.29) is 15.6 Å². The number of hydrogen-bond acceptors (Lipinski definition) is 3. The van der Waals surface area contributed by atoms with Crippen molar-refractivity contribution in [3.63, 3.8) is 0 Å². The number of aryl methyl sites for hydroxylation is 1. The molecule has 156 valence electrons. The average molecular weight is 516 g/mol. The zero-order valence-corrected chi connectivity index (χ0v) is 19.6. The number of para-hydroxylation sites is 1. The van der Waals surface area contributed by atoms with Gasteiger partial charge in [0.1, 0.15) is 18.2 Å². The molecule has 0 radical (unpaired) electrons. The van der Waals surface area contributed by atoms with Gasteiger partial charge in [-0.25, -0.2) is 0 Å². The van der Waals surface area contributed by atoms with Crippen molar-refractivity contribution in [3.8, 4) is 11.8 Å². The molecule has 0 aromatic heterocycles. The summed E-state index contributed by atoms with van der Waals surface area (Å²) in [7, 11) is 0. The first-order chi connectivity index (χ1) is 14.9. The summed E-state index contributed by atoms with van der Waals surface area (Å²) in [6.45, 7) is 2.17. The van der Waals surface area contributed by atoms with E-state index in [1.807, 2.05) is 55.5 Å². The summed E-state index contributed by atoms with van der Waals surface area (Å²) in [6.07, 6.45) is 1.43. The molecule has 3 aromatic rings. The number of anilines is 1. The van der Waals surface area contributed by atoms with Crippen LogP contribution in [0.25, 0.3) is 6.08 Å². The Balaban J connectivity index is 1.78. The molecule has 0 aliphatic carbocycles. The normalized spacial score (nSPS) is 11.0. The molecule has 0 spiro atoms. The first-order valence-electron chi connectivity index (χ1n) is 9.22.